The van der Waals surface area contributed by atoms with Crippen LogP contribution in [-0.4, -0.2) is 45.4 Å². The Morgan fingerprint density at radius 2 is 1.55 bits per heavy atom. The molecule has 1 saturated carbocycles. The molecule has 2 atom stereocenters. The van der Waals surface area contributed by atoms with Crippen LogP contribution in [0.2, 0.25) is 0 Å². The maximum atomic E-state index is 13.1. The number of nitrogens with one attached hydrogen (secondary N) is 2. The minimum absolute atomic E-state index is 0.0152. The number of fused-ring (bicyclic) bond motifs is 3. The van der Waals surface area contributed by atoms with Crippen LogP contribution in [0.25, 0.3) is 11.0 Å². The van der Waals surface area contributed by atoms with Gasteiger partial charge in [-0.15, -0.1) is 0 Å². The van der Waals surface area contributed by atoms with E-state index in [2.05, 4.69) is 20.7 Å². The molecule has 1 aliphatic carbocycles. The molecule has 3 heterocycles. The lowest BCUT2D eigenvalue weighted by Crippen LogP contribution is -2.60. The minimum atomic E-state index is -4.99. The van der Waals surface area contributed by atoms with Crippen LogP contribution >= 0.6 is 0 Å². The van der Waals surface area contributed by atoms with Gasteiger partial charge in [-0.05, 0) is 59.7 Å². The van der Waals surface area contributed by atoms with Crippen LogP contribution in [0.3, 0.4) is 0 Å². The molecule has 2 saturated heterocycles. The molecule has 3 aromatic rings. The van der Waals surface area contributed by atoms with Gasteiger partial charge in [0.15, 0.2) is 0 Å². The molecular weight excluding hydrogens is 520 g/mol. The highest BCUT2D eigenvalue weighted by Gasteiger charge is 2.51. The van der Waals surface area contributed by atoms with Crippen molar-refractivity contribution < 1.29 is 40.7 Å². The van der Waals surface area contributed by atoms with Gasteiger partial charge in [0, 0.05) is 25.6 Å². The van der Waals surface area contributed by atoms with Crippen molar-refractivity contribution in [2.75, 3.05) is 13.1 Å². The van der Waals surface area contributed by atoms with Crippen LogP contribution in [-0.2, 0) is 35.0 Å². The molecule has 1 aromatic heterocycles. The Hall–Kier alpha value is -3.84. The van der Waals surface area contributed by atoms with E-state index in [-0.39, 0.29) is 42.8 Å². The van der Waals surface area contributed by atoms with E-state index in [9.17, 15) is 35.9 Å². The number of hydrogen-bond donors (Lipinski definition) is 2. The number of benzene rings is 2. The number of aromatic nitrogens is 3. The summed E-state index contributed by atoms with van der Waals surface area (Å²) in [7, 11) is 0. The van der Waals surface area contributed by atoms with E-state index in [0.717, 1.165) is 12.0 Å². The van der Waals surface area contributed by atoms with Crippen molar-refractivity contribution in [3.05, 3.63) is 58.7 Å². The van der Waals surface area contributed by atoms with Crippen LogP contribution in [0.1, 0.15) is 28.7 Å². The van der Waals surface area contributed by atoms with E-state index in [1.54, 1.807) is 12.1 Å². The van der Waals surface area contributed by atoms with Crippen molar-refractivity contribution in [1.82, 2.24) is 25.6 Å². The van der Waals surface area contributed by atoms with Crippen molar-refractivity contribution in [3.8, 4) is 0 Å². The lowest BCUT2D eigenvalue weighted by Gasteiger charge is -2.52. The zero-order valence-electron chi connectivity index (χ0n) is 19.6. The molecule has 3 fully saturated rings. The van der Waals surface area contributed by atoms with E-state index in [4.69, 9.17) is 4.74 Å². The third kappa shape index (κ3) is 5.24. The predicted molar refractivity (Wildman–Crippen MR) is 119 cm³/mol. The summed E-state index contributed by atoms with van der Waals surface area (Å²) in [5.41, 5.74) is -1.16. The Bertz CT molecular complexity index is 1330. The van der Waals surface area contributed by atoms with E-state index in [1.165, 1.54) is 4.90 Å². The standard InChI is InChI=1S/C24H21F6N5O3/c25-23(26,27)16-3-13(4-17(7-16)24(28,29)30)11-38-22(37)35-9-14-6-15(10-35)20(14)21(36)31-8-12-1-2-18-19(5-12)33-34-32-18/h1-5,7,14-15,20H,6,8-11H2,(H,31,36)(H,32,33,34). The lowest BCUT2D eigenvalue weighted by atomic mass is 9.61. The van der Waals surface area contributed by atoms with Crippen molar-refractivity contribution in [2.24, 2.45) is 17.8 Å². The number of carbonyl (C=O) groups excluding carboxylic acids is 2. The van der Waals surface area contributed by atoms with E-state index in [0.29, 0.717) is 29.7 Å². The Morgan fingerprint density at radius 3 is 2.18 bits per heavy atom. The lowest BCUT2D eigenvalue weighted by molar-refractivity contribution is -0.143. The Labute approximate surface area is 211 Å². The number of alkyl halides is 6. The highest BCUT2D eigenvalue weighted by atomic mass is 19.4. The third-order valence-corrected chi connectivity index (χ3v) is 6.95. The zero-order chi connectivity index (χ0) is 27.2. The first kappa shape index (κ1) is 25.8. The van der Waals surface area contributed by atoms with Gasteiger partial charge >= 0.3 is 18.4 Å². The Balaban J connectivity index is 1.15. The highest BCUT2D eigenvalue weighted by molar-refractivity contribution is 5.81. The zero-order valence-corrected chi connectivity index (χ0v) is 19.6. The van der Waals surface area contributed by atoms with Crippen molar-refractivity contribution >= 4 is 23.0 Å². The number of carbonyl (C=O) groups is 2. The normalized spacial score (nSPS) is 21.2. The number of amides is 2. The molecule has 0 radical (unpaired) electrons. The van der Waals surface area contributed by atoms with Gasteiger partial charge in [0.25, 0.3) is 0 Å². The molecule has 3 aliphatic rings. The smallest absolute Gasteiger partial charge is 0.416 e. The van der Waals surface area contributed by atoms with Crippen LogP contribution in [0.4, 0.5) is 31.1 Å². The summed E-state index contributed by atoms with van der Waals surface area (Å²) >= 11 is 0. The number of aromatic amines is 1. The number of ether oxygens (including phenoxy) is 1. The van der Waals surface area contributed by atoms with Gasteiger partial charge in [-0.1, -0.05) is 6.07 Å². The van der Waals surface area contributed by atoms with Crippen LogP contribution < -0.4 is 5.32 Å². The molecule has 6 rings (SSSR count). The summed E-state index contributed by atoms with van der Waals surface area (Å²) in [4.78, 5) is 26.6. The van der Waals surface area contributed by atoms with E-state index >= 15 is 0 Å². The summed E-state index contributed by atoms with van der Waals surface area (Å²) in [6, 6.07) is 6.48. The molecule has 2 amide bonds. The average molecular weight is 541 g/mol. The quantitative estimate of drug-likeness (QED) is 0.463. The molecule has 0 spiro atoms. The molecular formula is C24H21F6N5O3. The highest BCUT2D eigenvalue weighted by Crippen LogP contribution is 2.46. The summed E-state index contributed by atoms with van der Waals surface area (Å²) in [5.74, 6) is -0.690. The van der Waals surface area contributed by atoms with Crippen molar-refractivity contribution in [2.45, 2.75) is 31.9 Å². The first-order valence-corrected chi connectivity index (χ1v) is 11.7. The predicted octanol–water partition coefficient (Wildman–Crippen LogP) is 4.52. The van der Waals surface area contributed by atoms with Gasteiger partial charge in [-0.2, -0.15) is 41.8 Å². The first-order valence-electron chi connectivity index (χ1n) is 11.7. The van der Waals surface area contributed by atoms with Crippen LogP contribution in [0.5, 0.6) is 0 Å². The van der Waals surface area contributed by atoms with E-state index < -0.39 is 41.7 Å². The van der Waals surface area contributed by atoms with Gasteiger partial charge < -0.3 is 15.0 Å². The number of rotatable bonds is 5. The van der Waals surface area contributed by atoms with Gasteiger partial charge in [-0.3, -0.25) is 4.79 Å². The van der Waals surface area contributed by atoms with E-state index in [1.807, 2.05) is 6.07 Å². The largest absolute Gasteiger partial charge is 0.445 e. The first-order chi connectivity index (χ1) is 17.9. The van der Waals surface area contributed by atoms with Crippen LogP contribution in [0, 0.1) is 17.8 Å². The molecule has 2 unspecified atom stereocenters. The summed E-state index contributed by atoms with van der Waals surface area (Å²) in [5, 5.41) is 13.4. The number of piperidine rings is 2. The number of hydrogen-bond acceptors (Lipinski definition) is 5. The van der Waals surface area contributed by atoms with Crippen molar-refractivity contribution in [1.29, 1.82) is 0 Å². The molecule has 2 N–H and O–H groups in total. The maximum Gasteiger partial charge on any atom is 0.416 e. The topological polar surface area (TPSA) is 100 Å². The third-order valence-electron chi connectivity index (χ3n) is 6.95. The summed E-state index contributed by atoms with van der Waals surface area (Å²) < 4.78 is 83.4. The summed E-state index contributed by atoms with van der Waals surface area (Å²) in [6.45, 7) is -0.0545. The SMILES string of the molecule is O=C(NCc1ccc2n[nH]nc2c1)C1C2CC1CN(C(=O)OCc1cc(C(F)(F)F)cc(C(F)(F)F)c1)C2. The maximum absolute atomic E-state index is 13.1. The molecule has 2 aromatic carbocycles. The van der Waals surface area contributed by atoms with Crippen molar-refractivity contribution in [3.63, 3.8) is 0 Å². The second kappa shape index (κ2) is 9.48. The Kier molecular flexibility index (Phi) is 6.43. The monoisotopic (exact) mass is 541 g/mol. The van der Waals surface area contributed by atoms with Crippen LogP contribution in [0.15, 0.2) is 36.4 Å². The number of nitrogens with zero attached hydrogens (tertiary/aromatic N) is 3. The second-order valence-electron chi connectivity index (χ2n) is 9.52. The van der Waals surface area contributed by atoms with Gasteiger partial charge in [0.1, 0.15) is 17.6 Å². The average Bonchev–Trinajstić information content (AvgIpc) is 3.33. The van der Waals surface area contributed by atoms with Gasteiger partial charge in [0.2, 0.25) is 5.91 Å². The number of H-pyrrole nitrogens is 1. The summed E-state index contributed by atoms with van der Waals surface area (Å²) in [6.07, 6.45) is -10.1. The fourth-order valence-corrected chi connectivity index (χ4v) is 5.11. The molecule has 38 heavy (non-hydrogen) atoms. The Morgan fingerprint density at radius 1 is 0.921 bits per heavy atom. The molecule has 8 nitrogen and oxygen atoms in total. The fourth-order valence-electron chi connectivity index (χ4n) is 5.11. The fraction of sp³-hybridized carbons (Fsp3) is 0.417. The molecule has 2 aliphatic heterocycles. The second-order valence-corrected chi connectivity index (χ2v) is 9.52. The van der Waals surface area contributed by atoms with Gasteiger partial charge in [-0.25, -0.2) is 4.79 Å². The van der Waals surface area contributed by atoms with Gasteiger partial charge in [0.05, 0.1) is 11.1 Å². The number of halogens is 6. The minimum Gasteiger partial charge on any atom is -0.445 e. The molecule has 202 valence electrons. The molecule has 2 bridgehead atoms. The molecule has 14 heteroatoms.